The normalized spacial score (nSPS) is 12.1. The second-order valence-corrected chi connectivity index (χ2v) is 10.8. The first-order valence-corrected chi connectivity index (χ1v) is 13.7. The average molecular weight is 560 g/mol. The highest BCUT2D eigenvalue weighted by Crippen LogP contribution is 2.36. The highest BCUT2D eigenvalue weighted by atomic mass is 35.5. The molecular weight excluding hydrogens is 522 g/mol. The average Bonchev–Trinajstić information content (AvgIpc) is 2.98. The van der Waals surface area contributed by atoms with E-state index in [4.69, 9.17) is 0 Å². The van der Waals surface area contributed by atoms with Crippen molar-refractivity contribution in [1.82, 2.24) is 0 Å². The molecule has 208 valence electrons. The number of hydrogen-bond acceptors (Lipinski definition) is 2. The van der Waals surface area contributed by atoms with E-state index in [0.717, 1.165) is 0 Å². The number of anilines is 2. The molecule has 0 radical (unpaired) electrons. The Labute approximate surface area is 251 Å². The van der Waals surface area contributed by atoms with E-state index in [0.29, 0.717) is 0 Å². The summed E-state index contributed by atoms with van der Waals surface area (Å²) in [6, 6.07) is 35.1. The van der Waals surface area contributed by atoms with Crippen molar-refractivity contribution in [2.24, 2.45) is 0 Å². The molecule has 0 N–H and O–H groups in total. The SMILES string of the molecule is CN(C)c1ccccc1-c1ccc(C(=C2C=CC(=[N+](C)C)C=C2)c2ccc(-c3ccccc3N(C)C)cc2)cc1.[Cl-]. The number of allylic oxidation sites excluding steroid dienone is 5. The minimum absolute atomic E-state index is 0. The first-order valence-electron chi connectivity index (χ1n) is 13.7. The van der Waals surface area contributed by atoms with Crippen LogP contribution in [0.25, 0.3) is 27.8 Å². The van der Waals surface area contributed by atoms with E-state index in [1.807, 2.05) is 0 Å². The van der Waals surface area contributed by atoms with Crippen LogP contribution in [-0.4, -0.2) is 52.6 Å². The lowest BCUT2D eigenvalue weighted by molar-refractivity contribution is -0.462. The van der Waals surface area contributed by atoms with Crippen LogP contribution in [-0.2, 0) is 0 Å². The maximum atomic E-state index is 2.26. The second kappa shape index (κ2) is 12.9. The third kappa shape index (κ3) is 6.37. The van der Waals surface area contributed by atoms with Gasteiger partial charge in [-0.25, -0.2) is 4.58 Å². The van der Waals surface area contributed by atoms with Gasteiger partial charge in [-0.2, -0.15) is 0 Å². The number of halogens is 1. The Morgan fingerprint density at radius 2 is 0.902 bits per heavy atom. The van der Waals surface area contributed by atoms with Gasteiger partial charge in [0.15, 0.2) is 5.71 Å². The molecule has 0 saturated carbocycles. The van der Waals surface area contributed by atoms with E-state index >= 15 is 0 Å². The van der Waals surface area contributed by atoms with E-state index in [1.165, 1.54) is 61.6 Å². The summed E-state index contributed by atoms with van der Waals surface area (Å²) in [6.07, 6.45) is 8.85. The Morgan fingerprint density at radius 1 is 0.512 bits per heavy atom. The molecule has 4 heteroatoms. The van der Waals surface area contributed by atoms with Gasteiger partial charge < -0.3 is 22.2 Å². The summed E-state index contributed by atoms with van der Waals surface area (Å²) in [5.74, 6) is 0. The van der Waals surface area contributed by atoms with E-state index in [-0.39, 0.29) is 12.4 Å². The van der Waals surface area contributed by atoms with E-state index in [9.17, 15) is 0 Å². The molecule has 5 rings (SSSR count). The number of rotatable bonds is 6. The van der Waals surface area contributed by atoms with E-state index in [1.54, 1.807) is 0 Å². The molecule has 0 amide bonds. The standard InChI is InChI=1S/C37H38N3.ClH/c1-38(2)32-25-23-31(24-26-32)37(29-19-15-27(16-20-29)33-11-7-9-13-35(33)39(3)4)30-21-17-28(18-22-30)34-12-8-10-14-36(34)40(5)6;/h7-26H,1-6H3;1H/q+1;/p-1. The van der Waals surface area contributed by atoms with Crippen molar-refractivity contribution < 1.29 is 17.0 Å². The van der Waals surface area contributed by atoms with Crippen molar-refractivity contribution >= 4 is 22.7 Å². The minimum Gasteiger partial charge on any atom is -1.00 e. The topological polar surface area (TPSA) is 9.49 Å². The lowest BCUT2D eigenvalue weighted by Gasteiger charge is -2.19. The minimum atomic E-state index is 0. The fraction of sp³-hybridized carbons (Fsp3) is 0.162. The van der Waals surface area contributed by atoms with E-state index < -0.39 is 0 Å². The van der Waals surface area contributed by atoms with Crippen LogP contribution in [0.1, 0.15) is 11.1 Å². The highest BCUT2D eigenvalue weighted by Gasteiger charge is 2.15. The number of para-hydroxylation sites is 2. The molecule has 1 aliphatic carbocycles. The zero-order chi connectivity index (χ0) is 28.2. The Morgan fingerprint density at radius 3 is 1.27 bits per heavy atom. The van der Waals surface area contributed by atoms with Gasteiger partial charge in [0.2, 0.25) is 0 Å². The van der Waals surface area contributed by atoms with Crippen LogP contribution in [0.2, 0.25) is 0 Å². The van der Waals surface area contributed by atoms with Gasteiger partial charge in [0.1, 0.15) is 14.1 Å². The molecule has 1 aliphatic rings. The van der Waals surface area contributed by atoms with Crippen molar-refractivity contribution in [2.75, 3.05) is 52.1 Å². The van der Waals surface area contributed by atoms with Crippen LogP contribution in [0.5, 0.6) is 0 Å². The molecule has 0 heterocycles. The number of nitrogens with zero attached hydrogens (tertiary/aromatic N) is 3. The van der Waals surface area contributed by atoms with Gasteiger partial charge in [0.25, 0.3) is 0 Å². The van der Waals surface area contributed by atoms with Crippen LogP contribution < -0.4 is 22.2 Å². The smallest absolute Gasteiger partial charge is 0.199 e. The van der Waals surface area contributed by atoms with Gasteiger partial charge in [0, 0.05) is 62.8 Å². The van der Waals surface area contributed by atoms with Crippen LogP contribution >= 0.6 is 0 Å². The monoisotopic (exact) mass is 559 g/mol. The molecular formula is C37H38ClN3. The van der Waals surface area contributed by atoms with Crippen molar-refractivity contribution in [3.63, 3.8) is 0 Å². The maximum Gasteiger partial charge on any atom is 0.199 e. The molecule has 3 nitrogen and oxygen atoms in total. The first-order chi connectivity index (χ1) is 19.3. The zero-order valence-corrected chi connectivity index (χ0v) is 25.5. The van der Waals surface area contributed by atoms with Crippen LogP contribution in [0.3, 0.4) is 0 Å². The molecule has 0 atom stereocenters. The largest absolute Gasteiger partial charge is 1.00 e. The van der Waals surface area contributed by atoms with E-state index in [2.05, 4.69) is 178 Å². The van der Waals surface area contributed by atoms with Gasteiger partial charge in [-0.15, -0.1) is 0 Å². The van der Waals surface area contributed by atoms with Gasteiger partial charge >= 0.3 is 0 Å². The quantitative estimate of drug-likeness (QED) is 0.314. The molecule has 0 bridgehead atoms. The number of hydrogen-bond donors (Lipinski definition) is 0. The summed E-state index contributed by atoms with van der Waals surface area (Å²) >= 11 is 0. The lowest BCUT2D eigenvalue weighted by atomic mass is 9.89. The van der Waals surface area contributed by atoms with Crippen molar-refractivity contribution in [3.05, 3.63) is 138 Å². The Bertz CT molecular complexity index is 1520. The fourth-order valence-electron chi connectivity index (χ4n) is 5.27. The second-order valence-electron chi connectivity index (χ2n) is 10.8. The molecule has 4 aromatic rings. The molecule has 0 unspecified atom stereocenters. The third-order valence-corrected chi connectivity index (χ3v) is 7.41. The lowest BCUT2D eigenvalue weighted by Crippen LogP contribution is -3.00. The predicted molar refractivity (Wildman–Crippen MR) is 174 cm³/mol. The zero-order valence-electron chi connectivity index (χ0n) is 24.8. The van der Waals surface area contributed by atoms with Crippen LogP contribution in [0, 0.1) is 0 Å². The van der Waals surface area contributed by atoms with Crippen LogP contribution in [0.15, 0.2) is 127 Å². The molecule has 0 aliphatic heterocycles. The van der Waals surface area contributed by atoms with Gasteiger partial charge in [0.05, 0.1) is 0 Å². The van der Waals surface area contributed by atoms with Crippen LogP contribution in [0.4, 0.5) is 11.4 Å². The number of benzene rings is 4. The molecule has 0 saturated heterocycles. The van der Waals surface area contributed by atoms with Gasteiger partial charge in [-0.1, -0.05) is 84.9 Å². The third-order valence-electron chi connectivity index (χ3n) is 7.41. The molecule has 0 aromatic heterocycles. The Kier molecular flexibility index (Phi) is 9.31. The van der Waals surface area contributed by atoms with Crippen molar-refractivity contribution in [2.45, 2.75) is 0 Å². The first kappa shape index (κ1) is 29.6. The van der Waals surface area contributed by atoms with Gasteiger partial charge in [-0.3, -0.25) is 0 Å². The summed E-state index contributed by atoms with van der Waals surface area (Å²) in [4.78, 5) is 4.34. The summed E-state index contributed by atoms with van der Waals surface area (Å²) < 4.78 is 2.14. The summed E-state index contributed by atoms with van der Waals surface area (Å²) in [5, 5.41) is 0. The van der Waals surface area contributed by atoms with Gasteiger partial charge in [-0.05, 0) is 57.7 Å². The summed E-state index contributed by atoms with van der Waals surface area (Å²) in [6.45, 7) is 0. The fourth-order valence-corrected chi connectivity index (χ4v) is 5.27. The molecule has 41 heavy (non-hydrogen) atoms. The van der Waals surface area contributed by atoms with Crippen molar-refractivity contribution in [3.8, 4) is 22.3 Å². The highest BCUT2D eigenvalue weighted by molar-refractivity contribution is 6.04. The molecule has 4 aromatic carbocycles. The molecule has 0 spiro atoms. The Hall–Kier alpha value is -4.34. The maximum absolute atomic E-state index is 2.26. The summed E-state index contributed by atoms with van der Waals surface area (Å²) in [7, 11) is 12.5. The summed E-state index contributed by atoms with van der Waals surface area (Å²) in [5.41, 5.74) is 13.3. The molecule has 0 fully saturated rings. The Balaban J connectivity index is 0.00000387. The van der Waals surface area contributed by atoms with Crippen molar-refractivity contribution in [1.29, 1.82) is 0 Å². The predicted octanol–water partition coefficient (Wildman–Crippen LogP) is 4.80.